The van der Waals surface area contributed by atoms with Gasteiger partial charge < -0.3 is 0 Å². The zero-order valence-corrected chi connectivity index (χ0v) is 13.9. The van der Waals surface area contributed by atoms with Crippen molar-refractivity contribution in [3.8, 4) is 0 Å². The van der Waals surface area contributed by atoms with E-state index in [1.165, 1.54) is 11.3 Å². The molecule has 0 spiro atoms. The summed E-state index contributed by atoms with van der Waals surface area (Å²) in [7, 11) is 0. The Hall–Kier alpha value is -1.95. The van der Waals surface area contributed by atoms with Crippen molar-refractivity contribution in [2.45, 2.75) is 26.7 Å². The van der Waals surface area contributed by atoms with Gasteiger partial charge >= 0.3 is 0 Å². The van der Waals surface area contributed by atoms with E-state index in [0.717, 1.165) is 28.3 Å². The van der Waals surface area contributed by atoms with E-state index in [4.69, 9.17) is 0 Å². The minimum Gasteiger partial charge on any atom is -0.272 e. The summed E-state index contributed by atoms with van der Waals surface area (Å²) in [5.41, 5.74) is 3.97. The second-order valence-electron chi connectivity index (χ2n) is 6.62. The lowest BCUT2D eigenvalue weighted by Gasteiger charge is -2.37. The van der Waals surface area contributed by atoms with E-state index in [-0.39, 0.29) is 41.4 Å². The lowest BCUT2D eigenvalue weighted by atomic mass is 9.63. The number of amides is 3. The van der Waals surface area contributed by atoms with E-state index in [9.17, 15) is 14.4 Å². The van der Waals surface area contributed by atoms with Gasteiger partial charge in [-0.1, -0.05) is 12.2 Å². The summed E-state index contributed by atoms with van der Waals surface area (Å²) in [6.07, 6.45) is 6.04. The van der Waals surface area contributed by atoms with Crippen molar-refractivity contribution in [3.05, 3.63) is 33.5 Å². The van der Waals surface area contributed by atoms with Gasteiger partial charge in [0.2, 0.25) is 0 Å². The first-order valence-corrected chi connectivity index (χ1v) is 8.79. The quantitative estimate of drug-likeness (QED) is 0.668. The van der Waals surface area contributed by atoms with Crippen LogP contribution in [0.2, 0.25) is 0 Å². The maximum absolute atomic E-state index is 12.7. The van der Waals surface area contributed by atoms with Crippen LogP contribution >= 0.6 is 11.3 Å². The Morgan fingerprint density at radius 1 is 1.13 bits per heavy atom. The highest BCUT2D eigenvalue weighted by atomic mass is 32.1. The van der Waals surface area contributed by atoms with E-state index >= 15 is 0 Å². The van der Waals surface area contributed by atoms with E-state index in [0.29, 0.717) is 5.56 Å². The number of nitrogens with zero attached hydrogens (tertiary/aromatic N) is 1. The van der Waals surface area contributed by atoms with Crippen LogP contribution in [0.25, 0.3) is 0 Å². The summed E-state index contributed by atoms with van der Waals surface area (Å²) in [5.74, 6) is -1.21. The molecule has 1 aromatic rings. The number of carbonyl (C=O) groups excluding carboxylic acids is 3. The molecule has 4 atom stereocenters. The summed E-state index contributed by atoms with van der Waals surface area (Å²) in [6, 6.07) is 0. The number of allylic oxidation sites excluding steroid dienone is 2. The van der Waals surface area contributed by atoms with E-state index in [1.54, 1.807) is 5.38 Å². The zero-order valence-electron chi connectivity index (χ0n) is 13.0. The molecule has 1 N–H and O–H groups in total. The van der Waals surface area contributed by atoms with Gasteiger partial charge in [0.05, 0.1) is 17.4 Å². The summed E-state index contributed by atoms with van der Waals surface area (Å²) in [6.45, 7) is 3.82. The molecule has 5 rings (SSSR count). The Morgan fingerprint density at radius 2 is 1.70 bits per heavy atom. The van der Waals surface area contributed by atoms with Crippen LogP contribution in [0, 0.1) is 37.5 Å². The fourth-order valence-corrected chi connectivity index (χ4v) is 4.95. The first kappa shape index (κ1) is 14.6. The molecule has 3 aliphatic carbocycles. The second-order valence-corrected chi connectivity index (χ2v) is 7.71. The SMILES string of the molecule is Cc1scc(C(=O)NN2C(=O)[C@H]3[C@H](C2=O)[C@H]2C=C[C@H]3CC2)c1C. The Labute approximate surface area is 138 Å². The third-order valence-corrected chi connectivity index (χ3v) is 6.52. The number of carbonyl (C=O) groups is 3. The van der Waals surface area contributed by atoms with Crippen LogP contribution in [-0.2, 0) is 9.59 Å². The third kappa shape index (κ3) is 2.01. The molecule has 1 saturated heterocycles. The molecule has 1 aliphatic heterocycles. The fourth-order valence-electron chi connectivity index (χ4n) is 4.08. The number of fused-ring (bicyclic) bond motifs is 1. The molecular formula is C17H18N2O3S. The fraction of sp³-hybridized carbons (Fsp3) is 0.471. The molecule has 2 fully saturated rings. The van der Waals surface area contributed by atoms with Crippen molar-refractivity contribution in [3.63, 3.8) is 0 Å². The smallest absolute Gasteiger partial charge is 0.271 e. The molecule has 0 unspecified atom stereocenters. The summed E-state index contributed by atoms with van der Waals surface area (Å²) >= 11 is 1.49. The molecular weight excluding hydrogens is 312 g/mol. The predicted molar refractivity (Wildman–Crippen MR) is 85.4 cm³/mol. The Morgan fingerprint density at radius 3 is 2.13 bits per heavy atom. The molecule has 1 saturated carbocycles. The predicted octanol–water partition coefficient (Wildman–Crippen LogP) is 2.21. The monoisotopic (exact) mass is 330 g/mol. The second kappa shape index (κ2) is 5.03. The van der Waals surface area contributed by atoms with Crippen LogP contribution in [0.4, 0.5) is 0 Å². The van der Waals surface area contributed by atoms with Crippen molar-refractivity contribution in [2.24, 2.45) is 23.7 Å². The van der Waals surface area contributed by atoms with Crippen molar-refractivity contribution in [2.75, 3.05) is 0 Å². The van der Waals surface area contributed by atoms with Gasteiger partial charge in [0.25, 0.3) is 17.7 Å². The number of hydrogen-bond donors (Lipinski definition) is 1. The highest BCUT2D eigenvalue weighted by Crippen LogP contribution is 2.49. The van der Waals surface area contributed by atoms with Crippen LogP contribution < -0.4 is 5.43 Å². The average Bonchev–Trinajstić information content (AvgIpc) is 3.02. The average molecular weight is 330 g/mol. The van der Waals surface area contributed by atoms with Gasteiger partial charge in [0.15, 0.2) is 0 Å². The molecule has 0 radical (unpaired) electrons. The first-order valence-electron chi connectivity index (χ1n) is 7.91. The Kier molecular flexibility index (Phi) is 3.20. The highest BCUT2D eigenvalue weighted by Gasteiger charge is 2.57. The number of nitrogens with one attached hydrogen (secondary N) is 1. The zero-order chi connectivity index (χ0) is 16.3. The number of aryl methyl sites for hydroxylation is 1. The van der Waals surface area contributed by atoms with Crippen molar-refractivity contribution >= 4 is 29.1 Å². The topological polar surface area (TPSA) is 66.5 Å². The van der Waals surface area contributed by atoms with Crippen LogP contribution in [-0.4, -0.2) is 22.7 Å². The van der Waals surface area contributed by atoms with Crippen molar-refractivity contribution < 1.29 is 14.4 Å². The molecule has 5 nitrogen and oxygen atoms in total. The number of thiophene rings is 1. The minimum absolute atomic E-state index is 0.133. The largest absolute Gasteiger partial charge is 0.272 e. The summed E-state index contributed by atoms with van der Waals surface area (Å²) in [5, 5.41) is 2.74. The highest BCUT2D eigenvalue weighted by molar-refractivity contribution is 7.10. The van der Waals surface area contributed by atoms with Gasteiger partial charge in [-0.25, -0.2) is 0 Å². The summed E-state index contributed by atoms with van der Waals surface area (Å²) in [4.78, 5) is 38.8. The number of rotatable bonds is 2. The standard InChI is InChI=1S/C17H18N2O3S/c1-8-9(2)23-7-12(8)15(20)18-19-16(21)13-10-3-4-11(6-5-10)14(13)17(19)22/h3-4,7,10-11,13-14H,5-6H2,1-2H3,(H,18,20)/t10-,11-,13+,14+/m0/s1. The van der Waals surface area contributed by atoms with E-state index in [1.807, 2.05) is 13.8 Å². The molecule has 1 aromatic heterocycles. The van der Waals surface area contributed by atoms with Gasteiger partial charge in [0.1, 0.15) is 0 Å². The Balaban J connectivity index is 1.59. The maximum Gasteiger partial charge on any atom is 0.271 e. The molecule has 2 bridgehead atoms. The van der Waals surface area contributed by atoms with E-state index in [2.05, 4.69) is 17.6 Å². The van der Waals surface area contributed by atoms with Gasteiger partial charge in [-0.2, -0.15) is 5.01 Å². The molecule has 0 aromatic carbocycles. The third-order valence-electron chi connectivity index (χ3n) is 5.50. The van der Waals surface area contributed by atoms with Crippen molar-refractivity contribution in [1.29, 1.82) is 0 Å². The minimum atomic E-state index is -0.382. The number of hydrogen-bond acceptors (Lipinski definition) is 4. The normalized spacial score (nSPS) is 31.7. The molecule has 23 heavy (non-hydrogen) atoms. The van der Waals surface area contributed by atoms with Gasteiger partial charge in [0, 0.05) is 10.3 Å². The molecule has 2 heterocycles. The lowest BCUT2D eigenvalue weighted by Crippen LogP contribution is -2.46. The maximum atomic E-state index is 12.7. The van der Waals surface area contributed by atoms with Gasteiger partial charge in [-0.15, -0.1) is 11.3 Å². The van der Waals surface area contributed by atoms with Gasteiger partial charge in [-0.3, -0.25) is 19.8 Å². The Bertz CT molecular complexity index is 719. The van der Waals surface area contributed by atoms with Crippen LogP contribution in [0.5, 0.6) is 0 Å². The van der Waals surface area contributed by atoms with Crippen LogP contribution in [0.15, 0.2) is 17.5 Å². The molecule has 120 valence electrons. The first-order chi connectivity index (χ1) is 11.0. The lowest BCUT2D eigenvalue weighted by molar-refractivity contribution is -0.143. The molecule has 3 amide bonds. The number of imide groups is 1. The molecule has 6 heteroatoms. The van der Waals surface area contributed by atoms with Gasteiger partial charge in [-0.05, 0) is 44.1 Å². The van der Waals surface area contributed by atoms with Crippen molar-refractivity contribution in [1.82, 2.24) is 10.4 Å². The summed E-state index contributed by atoms with van der Waals surface area (Å²) < 4.78 is 0. The van der Waals surface area contributed by atoms with Crippen LogP contribution in [0.3, 0.4) is 0 Å². The van der Waals surface area contributed by atoms with E-state index < -0.39 is 0 Å². The van der Waals surface area contributed by atoms with Crippen LogP contribution in [0.1, 0.15) is 33.6 Å². The molecule has 4 aliphatic rings. The number of hydrazine groups is 1.